The maximum Gasteiger partial charge on any atom is 0.340 e. The molecule has 2 N–H and O–H groups in total. The van der Waals surface area contributed by atoms with E-state index in [4.69, 9.17) is 5.73 Å². The Kier molecular flexibility index (Phi) is 7.87. The molecule has 186 valence electrons. The molecule has 2 nitrogen and oxygen atoms in total. The van der Waals surface area contributed by atoms with E-state index in [-0.39, 0.29) is 18.7 Å². The van der Waals surface area contributed by atoms with Crippen molar-refractivity contribution in [2.24, 2.45) is 5.73 Å². The van der Waals surface area contributed by atoms with E-state index in [0.29, 0.717) is 18.7 Å². The first-order chi connectivity index (χ1) is 17.3. The predicted molar refractivity (Wildman–Crippen MR) is 134 cm³/mol. The zero-order valence-electron chi connectivity index (χ0n) is 19.8. The first-order valence-corrected chi connectivity index (χ1v) is 11.8. The van der Waals surface area contributed by atoms with Crippen LogP contribution >= 0.6 is 0 Å². The van der Waals surface area contributed by atoms with Gasteiger partial charge in [-0.3, -0.25) is 4.90 Å². The standard InChI is InChI=1S/C30H28F4N2/c31-29(32,26-16-8-3-9-17-26)30(33,34)28-18-10-15-25(27(28)19-35)22-36(20-23-11-4-1-5-12-23)21-24-13-6-2-7-14-24/h1-18H,19-22,35H2. The molecular weight excluding hydrogens is 464 g/mol. The summed E-state index contributed by atoms with van der Waals surface area (Å²) < 4.78 is 61.1. The molecule has 0 radical (unpaired) electrons. The number of benzene rings is 4. The summed E-state index contributed by atoms with van der Waals surface area (Å²) in [5.74, 6) is -8.84. The lowest BCUT2D eigenvalue weighted by atomic mass is 9.90. The van der Waals surface area contributed by atoms with Crippen LogP contribution in [0.5, 0.6) is 0 Å². The van der Waals surface area contributed by atoms with Crippen LogP contribution in [0.1, 0.15) is 33.4 Å². The summed E-state index contributed by atoms with van der Waals surface area (Å²) in [4.78, 5) is 2.09. The molecule has 0 unspecified atom stereocenters. The van der Waals surface area contributed by atoms with Crippen LogP contribution in [0.3, 0.4) is 0 Å². The number of nitrogens with two attached hydrogens (primary N) is 1. The van der Waals surface area contributed by atoms with Crippen LogP contribution in [-0.2, 0) is 38.0 Å². The Morgan fingerprint density at radius 2 is 1.06 bits per heavy atom. The highest BCUT2D eigenvalue weighted by Gasteiger charge is 2.59. The van der Waals surface area contributed by atoms with E-state index in [9.17, 15) is 0 Å². The summed E-state index contributed by atoms with van der Waals surface area (Å²) in [6.07, 6.45) is 0. The van der Waals surface area contributed by atoms with Crippen LogP contribution in [0.2, 0.25) is 0 Å². The Morgan fingerprint density at radius 3 is 1.56 bits per heavy atom. The third-order valence-electron chi connectivity index (χ3n) is 6.24. The van der Waals surface area contributed by atoms with Crippen molar-refractivity contribution in [2.75, 3.05) is 0 Å². The summed E-state index contributed by atoms with van der Waals surface area (Å²) in [6, 6.07) is 29.9. The molecule has 0 spiro atoms. The van der Waals surface area contributed by atoms with Crippen molar-refractivity contribution in [1.82, 2.24) is 4.90 Å². The summed E-state index contributed by atoms with van der Waals surface area (Å²) in [5, 5.41) is 0. The smallest absolute Gasteiger partial charge is 0.326 e. The van der Waals surface area contributed by atoms with Crippen LogP contribution in [0.25, 0.3) is 0 Å². The molecule has 0 bridgehead atoms. The van der Waals surface area contributed by atoms with E-state index in [0.717, 1.165) is 29.3 Å². The second-order valence-corrected chi connectivity index (χ2v) is 8.78. The Balaban J connectivity index is 1.69. The fourth-order valence-corrected chi connectivity index (χ4v) is 4.41. The fourth-order valence-electron chi connectivity index (χ4n) is 4.41. The number of halogens is 4. The summed E-state index contributed by atoms with van der Waals surface area (Å²) >= 11 is 0. The quantitative estimate of drug-likeness (QED) is 0.237. The number of alkyl halides is 4. The molecule has 36 heavy (non-hydrogen) atoms. The average molecular weight is 493 g/mol. The molecule has 0 aromatic heterocycles. The van der Waals surface area contributed by atoms with Gasteiger partial charge in [0.05, 0.1) is 0 Å². The van der Waals surface area contributed by atoms with Crippen LogP contribution in [0.15, 0.2) is 109 Å². The molecule has 0 fully saturated rings. The number of nitrogens with zero attached hydrogens (tertiary/aromatic N) is 1. The molecule has 4 aromatic carbocycles. The Morgan fingerprint density at radius 1 is 0.556 bits per heavy atom. The molecule has 0 aliphatic rings. The van der Waals surface area contributed by atoms with Crippen LogP contribution in [-0.4, -0.2) is 4.90 Å². The number of rotatable bonds is 10. The molecule has 0 saturated carbocycles. The Hall–Kier alpha value is -3.48. The van der Waals surface area contributed by atoms with Crippen LogP contribution in [0.4, 0.5) is 17.6 Å². The zero-order valence-corrected chi connectivity index (χ0v) is 19.8. The van der Waals surface area contributed by atoms with Gasteiger partial charge in [0.2, 0.25) is 0 Å². The molecule has 0 aliphatic heterocycles. The highest BCUT2D eigenvalue weighted by molar-refractivity contribution is 5.41. The van der Waals surface area contributed by atoms with Gasteiger partial charge in [0.15, 0.2) is 0 Å². The van der Waals surface area contributed by atoms with E-state index in [2.05, 4.69) is 4.90 Å². The van der Waals surface area contributed by atoms with Crippen molar-refractivity contribution in [3.05, 3.63) is 143 Å². The minimum Gasteiger partial charge on any atom is -0.326 e. The summed E-state index contributed by atoms with van der Waals surface area (Å²) in [5.41, 5.74) is 7.10. The normalized spacial score (nSPS) is 12.2. The third kappa shape index (κ3) is 5.50. The van der Waals surface area contributed by atoms with Crippen LogP contribution in [0, 0.1) is 0 Å². The average Bonchev–Trinajstić information content (AvgIpc) is 2.90. The number of hydrogen-bond acceptors (Lipinski definition) is 2. The highest BCUT2D eigenvalue weighted by Crippen LogP contribution is 2.50. The molecule has 4 rings (SSSR count). The van der Waals surface area contributed by atoms with Crippen molar-refractivity contribution >= 4 is 0 Å². The Labute approximate surface area is 209 Å². The van der Waals surface area contributed by atoms with Gasteiger partial charge in [-0.1, -0.05) is 109 Å². The maximum absolute atomic E-state index is 15.5. The molecule has 0 aliphatic carbocycles. The van der Waals surface area contributed by atoms with Gasteiger partial charge in [-0.05, 0) is 22.3 Å². The lowest BCUT2D eigenvalue weighted by molar-refractivity contribution is -0.224. The largest absolute Gasteiger partial charge is 0.340 e. The molecule has 0 heterocycles. The molecule has 0 saturated heterocycles. The summed E-state index contributed by atoms with van der Waals surface area (Å²) in [7, 11) is 0. The van der Waals surface area contributed by atoms with Crippen molar-refractivity contribution in [3.63, 3.8) is 0 Å². The number of hydrogen-bond donors (Lipinski definition) is 1. The third-order valence-corrected chi connectivity index (χ3v) is 6.24. The highest BCUT2D eigenvalue weighted by atomic mass is 19.3. The van der Waals surface area contributed by atoms with Gasteiger partial charge in [-0.2, -0.15) is 17.6 Å². The van der Waals surface area contributed by atoms with Gasteiger partial charge in [-0.25, -0.2) is 0 Å². The van der Waals surface area contributed by atoms with Gasteiger partial charge in [0.1, 0.15) is 0 Å². The zero-order chi connectivity index (χ0) is 25.6. The van der Waals surface area contributed by atoms with Crippen molar-refractivity contribution in [1.29, 1.82) is 0 Å². The summed E-state index contributed by atoms with van der Waals surface area (Å²) in [6.45, 7) is 1.11. The van der Waals surface area contributed by atoms with E-state index in [1.165, 1.54) is 24.3 Å². The first kappa shape index (κ1) is 25.6. The fraction of sp³-hybridized carbons (Fsp3) is 0.200. The lowest BCUT2D eigenvalue weighted by Gasteiger charge is -2.30. The minimum absolute atomic E-state index is 0.0456. The molecular formula is C30H28F4N2. The van der Waals surface area contributed by atoms with E-state index < -0.39 is 23.0 Å². The molecule has 0 atom stereocenters. The van der Waals surface area contributed by atoms with E-state index >= 15 is 17.6 Å². The first-order valence-electron chi connectivity index (χ1n) is 11.8. The second kappa shape index (κ2) is 11.1. The Bertz CT molecular complexity index is 1200. The van der Waals surface area contributed by atoms with E-state index in [1.807, 2.05) is 60.7 Å². The molecule has 0 amide bonds. The van der Waals surface area contributed by atoms with Crippen molar-refractivity contribution < 1.29 is 17.6 Å². The van der Waals surface area contributed by atoms with Gasteiger partial charge >= 0.3 is 11.8 Å². The van der Waals surface area contributed by atoms with Gasteiger partial charge in [-0.15, -0.1) is 0 Å². The van der Waals surface area contributed by atoms with Crippen LogP contribution < -0.4 is 5.73 Å². The van der Waals surface area contributed by atoms with E-state index in [1.54, 1.807) is 6.07 Å². The predicted octanol–water partition coefficient (Wildman–Crippen LogP) is 7.23. The van der Waals surface area contributed by atoms with Crippen molar-refractivity contribution in [2.45, 2.75) is 38.0 Å². The second-order valence-electron chi connectivity index (χ2n) is 8.78. The van der Waals surface area contributed by atoms with Gasteiger partial charge in [0.25, 0.3) is 0 Å². The topological polar surface area (TPSA) is 29.3 Å². The van der Waals surface area contributed by atoms with Crippen molar-refractivity contribution in [3.8, 4) is 0 Å². The van der Waals surface area contributed by atoms with Gasteiger partial charge in [0, 0.05) is 37.3 Å². The minimum atomic E-state index is -4.44. The van der Waals surface area contributed by atoms with Gasteiger partial charge < -0.3 is 5.73 Å². The SMILES string of the molecule is NCc1c(CN(Cc2ccccc2)Cc2ccccc2)cccc1C(F)(F)C(F)(F)c1ccccc1. The lowest BCUT2D eigenvalue weighted by Crippen LogP contribution is -2.37. The molecule has 4 aromatic rings. The monoisotopic (exact) mass is 492 g/mol. The maximum atomic E-state index is 15.5. The molecule has 6 heteroatoms.